The quantitative estimate of drug-likeness (QED) is 0.342. The Kier molecular flexibility index (Phi) is 4.68. The van der Waals surface area contributed by atoms with Crippen molar-refractivity contribution in [3.63, 3.8) is 0 Å². The molecular weight excluding hydrogens is 528 g/mol. The van der Waals surface area contributed by atoms with Crippen LogP contribution in [0.25, 0.3) is 0 Å². The highest BCUT2D eigenvalue weighted by Crippen LogP contribution is 2.40. The van der Waals surface area contributed by atoms with Crippen molar-refractivity contribution in [1.82, 2.24) is 0 Å². The van der Waals surface area contributed by atoms with Crippen molar-refractivity contribution in [2.24, 2.45) is 5.16 Å². The van der Waals surface area contributed by atoms with Crippen molar-refractivity contribution in [1.29, 1.82) is 0 Å². The zero-order valence-corrected chi connectivity index (χ0v) is 16.3. The highest BCUT2D eigenvalue weighted by Gasteiger charge is 2.32. The summed E-state index contributed by atoms with van der Waals surface area (Å²) in [6.07, 6.45) is 0. The first-order chi connectivity index (χ1) is 10.9. The molecule has 0 saturated carbocycles. The predicted octanol–water partition coefficient (Wildman–Crippen LogP) is 4.90. The maximum atomic E-state index is 13.9. The zero-order valence-electron chi connectivity index (χ0n) is 12.0. The van der Waals surface area contributed by atoms with Crippen molar-refractivity contribution in [3.05, 3.63) is 64.7 Å². The fourth-order valence-electron chi connectivity index (χ4n) is 2.17. The standard InChI is InChI=1S/C16H12F2I2N2O/c1-9-4-2-3-5-11(9)15-20-14(22-23-15)12-7-6-10(21)8-13(12)16(17,18)19/h2-8H,21H2,1H3. The summed E-state index contributed by atoms with van der Waals surface area (Å²) in [7, 11) is 0. The number of halogens is 4. The van der Waals surface area contributed by atoms with E-state index in [1.807, 2.05) is 31.2 Å². The van der Waals surface area contributed by atoms with Crippen LogP contribution in [0.15, 0.2) is 47.6 Å². The molecule has 0 aliphatic carbocycles. The van der Waals surface area contributed by atoms with Crippen molar-refractivity contribution in [2.45, 2.75) is 10.9 Å². The molecule has 3 nitrogen and oxygen atoms in total. The van der Waals surface area contributed by atoms with Crippen molar-refractivity contribution in [3.8, 4) is 0 Å². The topological polar surface area (TPSA) is 47.6 Å². The Hall–Kier alpha value is -1.10. The third-order valence-electron chi connectivity index (χ3n) is 3.31. The largest absolute Gasteiger partial charge is 0.399 e. The second kappa shape index (κ2) is 6.42. The summed E-state index contributed by atoms with van der Waals surface area (Å²) in [4.78, 5) is 5.46. The van der Waals surface area contributed by atoms with E-state index in [1.54, 1.807) is 12.1 Å². The molecule has 0 atom stereocenters. The number of hydrogen-bond donors (Lipinski definition) is 1. The minimum absolute atomic E-state index is 0.119. The second-order valence-electron chi connectivity index (χ2n) is 4.96. The zero-order chi connectivity index (χ0) is 16.6. The lowest BCUT2D eigenvalue weighted by Crippen LogP contribution is -2.10. The van der Waals surface area contributed by atoms with Crippen LogP contribution >= 0.6 is 43.3 Å². The van der Waals surface area contributed by atoms with E-state index in [2.05, 4.69) is 5.16 Å². The average molecular weight is 540 g/mol. The van der Waals surface area contributed by atoms with Gasteiger partial charge in [0.25, 0.3) is 0 Å². The first kappa shape index (κ1) is 16.7. The molecule has 1 aliphatic rings. The van der Waals surface area contributed by atoms with Gasteiger partial charge in [-0.2, -0.15) is 8.78 Å². The van der Waals surface area contributed by atoms with E-state index in [0.717, 1.165) is 37.4 Å². The Morgan fingerprint density at radius 1 is 1.17 bits per heavy atom. The summed E-state index contributed by atoms with van der Waals surface area (Å²) >= 11 is 0.342. The fraction of sp³-hybridized carbons (Fsp3) is 0.125. The fourth-order valence-corrected chi connectivity index (χ4v) is 5.13. The van der Waals surface area contributed by atoms with E-state index in [4.69, 9.17) is 10.6 Å². The normalized spacial score (nSPS) is 14.6. The molecule has 0 radical (unpaired) electrons. The third-order valence-corrected chi connectivity index (χ3v) is 6.45. The first-order valence-corrected chi connectivity index (χ1v) is 9.90. The third kappa shape index (κ3) is 3.54. The van der Waals surface area contributed by atoms with E-state index in [-0.39, 0.29) is 5.56 Å². The molecule has 2 N–H and O–H groups in total. The Bertz CT molecular complexity index is 829. The summed E-state index contributed by atoms with van der Waals surface area (Å²) in [6.45, 7) is 1.99. The monoisotopic (exact) mass is 540 g/mol. The Labute approximate surface area is 155 Å². The highest BCUT2D eigenvalue weighted by molar-refractivity contribution is 14.2. The van der Waals surface area contributed by atoms with Crippen LogP contribution in [-0.2, 0) is 8.77 Å². The molecule has 2 aromatic rings. The molecule has 23 heavy (non-hydrogen) atoms. The van der Waals surface area contributed by atoms with E-state index in [0.29, 0.717) is 15.0 Å². The molecule has 0 aromatic heterocycles. The van der Waals surface area contributed by atoms with Crippen LogP contribution in [0, 0.1) is 6.92 Å². The summed E-state index contributed by atoms with van der Waals surface area (Å²) in [5.74, 6) is 0. The van der Waals surface area contributed by atoms with Gasteiger partial charge in [0.15, 0.2) is 3.69 Å². The van der Waals surface area contributed by atoms with Crippen LogP contribution < -0.4 is 5.73 Å². The van der Waals surface area contributed by atoms with Crippen LogP contribution in [0.4, 0.5) is 14.5 Å². The number of nitrogens with zero attached hydrogens (tertiary/aromatic N) is 1. The number of benzene rings is 2. The summed E-state index contributed by atoms with van der Waals surface area (Å²) in [5.41, 5.74) is 8.32. The Balaban J connectivity index is 2.03. The van der Waals surface area contributed by atoms with Crippen molar-refractivity contribution >= 4 is 56.4 Å². The number of rotatable bonds is 3. The molecule has 0 saturated heterocycles. The maximum absolute atomic E-state index is 13.9. The Morgan fingerprint density at radius 3 is 2.61 bits per heavy atom. The lowest BCUT2D eigenvalue weighted by molar-refractivity contribution is 0.127. The number of nitrogen functional groups attached to an aromatic ring is 1. The van der Waals surface area contributed by atoms with E-state index in [1.165, 1.54) is 6.07 Å². The minimum Gasteiger partial charge on any atom is -0.399 e. The van der Waals surface area contributed by atoms with Crippen molar-refractivity contribution in [2.75, 3.05) is 5.73 Å². The van der Waals surface area contributed by atoms with Gasteiger partial charge >= 0.3 is 3.93 Å². The van der Waals surface area contributed by atoms with Gasteiger partial charge in [-0.15, -0.1) is 0 Å². The molecule has 1 aliphatic heterocycles. The molecule has 0 spiro atoms. The lowest BCUT2D eigenvalue weighted by atomic mass is 10.1. The molecule has 1 heterocycles. The van der Waals surface area contributed by atoms with Crippen LogP contribution in [0.1, 0.15) is 22.3 Å². The van der Waals surface area contributed by atoms with E-state index >= 15 is 0 Å². The molecule has 3 rings (SSSR count). The van der Waals surface area contributed by atoms with Crippen LogP contribution in [0.3, 0.4) is 0 Å². The lowest BCUT2D eigenvalue weighted by Gasteiger charge is -2.13. The molecule has 0 amide bonds. The number of oxime groups is 1. The molecule has 2 aromatic carbocycles. The van der Waals surface area contributed by atoms with Crippen LogP contribution in [-0.4, -0.2) is 7.41 Å². The van der Waals surface area contributed by atoms with Gasteiger partial charge in [-0.3, -0.25) is 0 Å². The summed E-state index contributed by atoms with van der Waals surface area (Å²) in [5, 5.41) is 4.06. The highest BCUT2D eigenvalue weighted by atomic mass is 127. The molecule has 0 bridgehead atoms. The van der Waals surface area contributed by atoms with Gasteiger partial charge in [0, 0.05) is 45.0 Å². The summed E-state index contributed by atoms with van der Waals surface area (Å²) in [6, 6.07) is 12.3. The van der Waals surface area contributed by atoms with Gasteiger partial charge in [-0.25, -0.2) is 0 Å². The smallest absolute Gasteiger partial charge is 0.322 e. The van der Waals surface area contributed by atoms with Crippen LogP contribution in [0.2, 0.25) is 0 Å². The summed E-state index contributed by atoms with van der Waals surface area (Å²) < 4.78 is 26.1. The first-order valence-electron chi connectivity index (χ1n) is 6.66. The Morgan fingerprint density at radius 2 is 1.91 bits per heavy atom. The number of hydrogen-bond acceptors (Lipinski definition) is 3. The second-order valence-corrected chi connectivity index (χ2v) is 8.86. The predicted molar refractivity (Wildman–Crippen MR) is 106 cm³/mol. The number of anilines is 1. The number of nitrogens with two attached hydrogens (primary N) is 1. The van der Waals surface area contributed by atoms with Gasteiger partial charge in [0.1, 0.15) is 3.72 Å². The van der Waals surface area contributed by atoms with Gasteiger partial charge in [0.05, 0.1) is 0 Å². The van der Waals surface area contributed by atoms with Crippen LogP contribution in [0.5, 0.6) is 0 Å². The molecule has 0 unspecified atom stereocenters. The van der Waals surface area contributed by atoms with Gasteiger partial charge in [-0.1, -0.05) is 29.4 Å². The van der Waals surface area contributed by atoms with Gasteiger partial charge in [0.2, 0.25) is 0 Å². The van der Waals surface area contributed by atoms with E-state index < -0.39 is 24.7 Å². The molecular formula is C16H12F2I2N2O. The SMILES string of the molecule is Cc1ccccc1C1=IC(c2ccc(N)cc2C(F)(F)I)=NO1. The van der Waals surface area contributed by atoms with E-state index in [9.17, 15) is 8.78 Å². The van der Waals surface area contributed by atoms with Gasteiger partial charge in [-0.05, 0) is 51.4 Å². The number of alkyl halides is 3. The molecule has 7 heteroatoms. The average Bonchev–Trinajstić information content (AvgIpc) is 2.96. The minimum atomic E-state index is -3.01. The van der Waals surface area contributed by atoms with Gasteiger partial charge < -0.3 is 10.6 Å². The maximum Gasteiger partial charge on any atom is 0.322 e. The van der Waals surface area contributed by atoms with Crippen molar-refractivity contribution < 1.29 is 13.6 Å². The molecule has 120 valence electrons. The number of aryl methyl sites for hydroxylation is 1. The molecule has 0 fully saturated rings.